The Balaban J connectivity index is 2.23. The average molecular weight is 400 g/mol. The minimum Gasteiger partial charge on any atom is -0.497 e. The highest BCUT2D eigenvalue weighted by molar-refractivity contribution is 9.10. The van der Waals surface area contributed by atoms with Gasteiger partial charge in [-0.15, -0.1) is 0 Å². The monoisotopic (exact) mass is 398 g/mol. The Bertz CT molecular complexity index is 567. The molecule has 2 nitrogen and oxygen atoms in total. The summed E-state index contributed by atoms with van der Waals surface area (Å²) in [5.41, 5.74) is 2.36. The number of methoxy groups -OCH3 is 2. The third-order valence-electron chi connectivity index (χ3n) is 3.10. The van der Waals surface area contributed by atoms with E-state index in [0.29, 0.717) is 0 Å². The van der Waals surface area contributed by atoms with Crippen LogP contribution in [0.5, 0.6) is 11.5 Å². The molecule has 0 radical (unpaired) electrons. The van der Waals surface area contributed by atoms with Crippen molar-refractivity contribution >= 4 is 31.9 Å². The molecule has 1 atom stereocenters. The van der Waals surface area contributed by atoms with Crippen LogP contribution in [0.4, 0.5) is 0 Å². The molecule has 0 bridgehead atoms. The number of rotatable bonds is 5. The molecule has 0 saturated heterocycles. The van der Waals surface area contributed by atoms with Gasteiger partial charge in [-0.25, -0.2) is 0 Å². The lowest BCUT2D eigenvalue weighted by Crippen LogP contribution is -1.99. The Kier molecular flexibility index (Phi) is 5.49. The van der Waals surface area contributed by atoms with E-state index < -0.39 is 0 Å². The van der Waals surface area contributed by atoms with Crippen molar-refractivity contribution in [1.82, 2.24) is 0 Å². The lowest BCUT2D eigenvalue weighted by molar-refractivity contribution is 0.398. The fourth-order valence-electron chi connectivity index (χ4n) is 2.02. The van der Waals surface area contributed by atoms with Crippen molar-refractivity contribution in [2.75, 3.05) is 14.2 Å². The molecule has 0 aliphatic rings. The Morgan fingerprint density at radius 1 is 1.00 bits per heavy atom. The summed E-state index contributed by atoms with van der Waals surface area (Å²) in [6.07, 6.45) is 0.886. The van der Waals surface area contributed by atoms with Gasteiger partial charge in [0.25, 0.3) is 0 Å². The smallest absolute Gasteiger partial charge is 0.123 e. The van der Waals surface area contributed by atoms with Gasteiger partial charge in [0.05, 0.1) is 14.2 Å². The molecule has 0 saturated carbocycles. The lowest BCUT2D eigenvalue weighted by Gasteiger charge is -2.15. The molecule has 0 heterocycles. The zero-order valence-corrected chi connectivity index (χ0v) is 14.6. The van der Waals surface area contributed by atoms with Crippen molar-refractivity contribution in [1.29, 1.82) is 0 Å². The molecule has 0 amide bonds. The van der Waals surface area contributed by atoms with Crippen molar-refractivity contribution in [2.24, 2.45) is 0 Å². The van der Waals surface area contributed by atoms with Gasteiger partial charge in [0, 0.05) is 14.9 Å². The minimum atomic E-state index is 0.175. The van der Waals surface area contributed by atoms with E-state index in [4.69, 9.17) is 9.47 Å². The highest BCUT2D eigenvalue weighted by atomic mass is 79.9. The quantitative estimate of drug-likeness (QED) is 0.647. The van der Waals surface area contributed by atoms with Gasteiger partial charge in [0.1, 0.15) is 11.5 Å². The molecule has 4 heteroatoms. The number of benzene rings is 2. The molecule has 0 aliphatic carbocycles. The molecule has 0 aliphatic heterocycles. The van der Waals surface area contributed by atoms with Crippen molar-refractivity contribution in [2.45, 2.75) is 11.2 Å². The summed E-state index contributed by atoms with van der Waals surface area (Å²) < 4.78 is 11.8. The van der Waals surface area contributed by atoms with Crippen LogP contribution < -0.4 is 9.47 Å². The van der Waals surface area contributed by atoms with E-state index in [9.17, 15) is 0 Å². The zero-order chi connectivity index (χ0) is 14.5. The van der Waals surface area contributed by atoms with E-state index in [1.54, 1.807) is 14.2 Å². The SMILES string of the molecule is COc1ccc(OC)c(C(Br)Cc2ccc(Br)cc2)c1. The predicted octanol–water partition coefficient (Wildman–Crippen LogP) is 5.15. The largest absolute Gasteiger partial charge is 0.497 e. The van der Waals surface area contributed by atoms with Gasteiger partial charge in [-0.3, -0.25) is 0 Å². The van der Waals surface area contributed by atoms with Crippen LogP contribution in [0.2, 0.25) is 0 Å². The van der Waals surface area contributed by atoms with Crippen LogP contribution >= 0.6 is 31.9 Å². The van der Waals surface area contributed by atoms with Gasteiger partial charge in [0.15, 0.2) is 0 Å². The third kappa shape index (κ3) is 3.76. The predicted molar refractivity (Wildman–Crippen MR) is 89.1 cm³/mol. The van der Waals surface area contributed by atoms with E-state index in [1.807, 2.05) is 18.2 Å². The van der Waals surface area contributed by atoms with Gasteiger partial charge < -0.3 is 9.47 Å². The van der Waals surface area contributed by atoms with E-state index >= 15 is 0 Å². The Labute approximate surface area is 136 Å². The fourth-order valence-corrected chi connectivity index (χ4v) is 3.02. The van der Waals surface area contributed by atoms with Crippen molar-refractivity contribution in [3.8, 4) is 11.5 Å². The number of hydrogen-bond acceptors (Lipinski definition) is 2. The fraction of sp³-hybridized carbons (Fsp3) is 0.250. The van der Waals surface area contributed by atoms with Gasteiger partial charge in [-0.05, 0) is 42.3 Å². The first-order valence-corrected chi connectivity index (χ1v) is 7.95. The van der Waals surface area contributed by atoms with E-state index in [2.05, 4.69) is 56.1 Å². The summed E-state index contributed by atoms with van der Waals surface area (Å²) in [7, 11) is 3.36. The van der Waals surface area contributed by atoms with Gasteiger partial charge in [-0.2, -0.15) is 0 Å². The van der Waals surface area contributed by atoms with Crippen LogP contribution in [0.15, 0.2) is 46.9 Å². The summed E-state index contributed by atoms with van der Waals surface area (Å²) in [6, 6.07) is 14.2. The number of halogens is 2. The van der Waals surface area contributed by atoms with Crippen LogP contribution in [-0.2, 0) is 6.42 Å². The van der Waals surface area contributed by atoms with Crippen molar-refractivity contribution in [3.05, 3.63) is 58.1 Å². The van der Waals surface area contributed by atoms with E-state index in [1.165, 1.54) is 5.56 Å². The molecule has 106 valence electrons. The van der Waals surface area contributed by atoms with Crippen molar-refractivity contribution < 1.29 is 9.47 Å². The maximum atomic E-state index is 5.43. The summed E-state index contributed by atoms with van der Waals surface area (Å²) in [5.74, 6) is 1.70. The van der Waals surface area contributed by atoms with Gasteiger partial charge >= 0.3 is 0 Å². The van der Waals surface area contributed by atoms with Crippen LogP contribution in [0, 0.1) is 0 Å². The maximum Gasteiger partial charge on any atom is 0.123 e. The molecule has 1 unspecified atom stereocenters. The summed E-state index contributed by atoms with van der Waals surface area (Å²) in [6.45, 7) is 0. The molecular weight excluding hydrogens is 384 g/mol. The van der Waals surface area contributed by atoms with Crippen LogP contribution in [0.1, 0.15) is 16.0 Å². The third-order valence-corrected chi connectivity index (χ3v) is 4.45. The highest BCUT2D eigenvalue weighted by Crippen LogP contribution is 2.36. The Hall–Kier alpha value is -1.00. The van der Waals surface area contributed by atoms with Gasteiger partial charge in [0.2, 0.25) is 0 Å². The first-order chi connectivity index (χ1) is 9.63. The maximum absolute atomic E-state index is 5.43. The Morgan fingerprint density at radius 3 is 2.30 bits per heavy atom. The Morgan fingerprint density at radius 2 is 1.70 bits per heavy atom. The summed E-state index contributed by atoms with van der Waals surface area (Å²) >= 11 is 7.20. The molecule has 0 aromatic heterocycles. The lowest BCUT2D eigenvalue weighted by atomic mass is 10.0. The second kappa shape index (κ2) is 7.14. The number of alkyl halides is 1. The standard InChI is InChI=1S/C16H16Br2O2/c1-19-13-7-8-16(20-2)14(10-13)15(18)9-11-3-5-12(17)6-4-11/h3-8,10,15H,9H2,1-2H3. The minimum absolute atomic E-state index is 0.175. The van der Waals surface area contributed by atoms with Crippen LogP contribution in [0.25, 0.3) is 0 Å². The second-order valence-electron chi connectivity index (χ2n) is 4.41. The molecule has 0 spiro atoms. The average Bonchev–Trinajstić information content (AvgIpc) is 2.48. The van der Waals surface area contributed by atoms with Crippen LogP contribution in [-0.4, -0.2) is 14.2 Å². The molecule has 0 fully saturated rings. The first kappa shape index (κ1) is 15.4. The molecule has 20 heavy (non-hydrogen) atoms. The molecule has 2 aromatic rings. The molecule has 0 N–H and O–H groups in total. The molecular formula is C16H16Br2O2. The highest BCUT2D eigenvalue weighted by Gasteiger charge is 2.15. The molecule has 2 aromatic carbocycles. The zero-order valence-electron chi connectivity index (χ0n) is 11.4. The second-order valence-corrected chi connectivity index (χ2v) is 6.43. The summed E-state index contributed by atoms with van der Waals surface area (Å²) in [4.78, 5) is 0.175. The number of hydrogen-bond donors (Lipinski definition) is 0. The van der Waals surface area contributed by atoms with Gasteiger partial charge in [-0.1, -0.05) is 44.0 Å². The normalized spacial score (nSPS) is 12.0. The van der Waals surface area contributed by atoms with Crippen molar-refractivity contribution in [3.63, 3.8) is 0 Å². The first-order valence-electron chi connectivity index (χ1n) is 6.24. The van der Waals surface area contributed by atoms with E-state index in [0.717, 1.165) is 28.0 Å². The molecule has 2 rings (SSSR count). The van der Waals surface area contributed by atoms with E-state index in [-0.39, 0.29) is 4.83 Å². The van der Waals surface area contributed by atoms with Crippen LogP contribution in [0.3, 0.4) is 0 Å². The summed E-state index contributed by atoms with van der Waals surface area (Å²) in [5, 5.41) is 0. The number of ether oxygens (including phenoxy) is 2. The topological polar surface area (TPSA) is 18.5 Å².